The number of hydrogen-bond acceptors (Lipinski definition) is 2. The van der Waals surface area contributed by atoms with Gasteiger partial charge >= 0.3 is 0 Å². The largest absolute Gasteiger partial charge is 0.496 e. The van der Waals surface area contributed by atoms with Crippen molar-refractivity contribution in [2.45, 2.75) is 25.4 Å². The minimum atomic E-state index is -0.849. The number of ether oxygens (including phenoxy) is 1. The molecule has 14 heavy (non-hydrogen) atoms. The number of halogens is 1. The summed E-state index contributed by atoms with van der Waals surface area (Å²) in [6.07, 6.45) is 1.37. The monoisotopic (exact) mass is 196 g/mol. The highest BCUT2D eigenvalue weighted by Gasteiger charge is 2.44. The van der Waals surface area contributed by atoms with Crippen LogP contribution in [0.4, 0.5) is 4.39 Å². The van der Waals surface area contributed by atoms with Crippen LogP contribution >= 0.6 is 0 Å². The molecule has 0 heterocycles. The second-order valence-electron chi connectivity index (χ2n) is 3.84. The van der Waals surface area contributed by atoms with Crippen LogP contribution in [0.25, 0.3) is 0 Å². The molecule has 2 nitrogen and oxygen atoms in total. The first-order valence-electron chi connectivity index (χ1n) is 4.64. The van der Waals surface area contributed by atoms with Gasteiger partial charge in [-0.25, -0.2) is 4.39 Å². The molecule has 1 aromatic rings. The minimum absolute atomic E-state index is 0.321. The summed E-state index contributed by atoms with van der Waals surface area (Å²) in [5.74, 6) is 0.282. The number of methoxy groups -OCH3 is 1. The molecular weight excluding hydrogens is 183 g/mol. The smallest absolute Gasteiger partial charge is 0.128 e. The third-order valence-electron chi connectivity index (χ3n) is 2.67. The van der Waals surface area contributed by atoms with Crippen molar-refractivity contribution in [1.29, 1.82) is 0 Å². The summed E-state index contributed by atoms with van der Waals surface area (Å²) in [5, 5.41) is 9.91. The van der Waals surface area contributed by atoms with E-state index in [4.69, 9.17) is 4.74 Å². The zero-order valence-corrected chi connectivity index (χ0v) is 8.30. The Morgan fingerprint density at radius 3 is 2.57 bits per heavy atom. The van der Waals surface area contributed by atoms with Gasteiger partial charge in [-0.05, 0) is 37.5 Å². The second kappa shape index (κ2) is 2.95. The van der Waals surface area contributed by atoms with Crippen molar-refractivity contribution in [3.63, 3.8) is 0 Å². The molecule has 0 saturated heterocycles. The Morgan fingerprint density at radius 1 is 1.43 bits per heavy atom. The lowest BCUT2D eigenvalue weighted by atomic mass is 10.0. The van der Waals surface area contributed by atoms with Crippen molar-refractivity contribution in [3.8, 4) is 5.75 Å². The molecule has 3 heteroatoms. The molecule has 1 aliphatic carbocycles. The summed E-state index contributed by atoms with van der Waals surface area (Å²) in [7, 11) is 1.54. The van der Waals surface area contributed by atoms with Crippen LogP contribution in [0.2, 0.25) is 0 Å². The minimum Gasteiger partial charge on any atom is -0.496 e. The third-order valence-corrected chi connectivity index (χ3v) is 2.67. The summed E-state index contributed by atoms with van der Waals surface area (Å²) < 4.78 is 18.3. The molecule has 76 valence electrons. The van der Waals surface area contributed by atoms with Gasteiger partial charge in [-0.15, -0.1) is 0 Å². The predicted molar refractivity (Wildman–Crippen MR) is 50.8 cm³/mol. The van der Waals surface area contributed by atoms with E-state index in [0.717, 1.165) is 5.56 Å². The number of benzene rings is 1. The lowest BCUT2D eigenvalue weighted by Gasteiger charge is -2.15. The maximum Gasteiger partial charge on any atom is 0.128 e. The normalized spacial score (nSPS) is 18.0. The first-order chi connectivity index (χ1) is 6.57. The number of aliphatic hydroxyl groups is 1. The van der Waals surface area contributed by atoms with Crippen molar-refractivity contribution in [2.24, 2.45) is 0 Å². The van der Waals surface area contributed by atoms with Crippen LogP contribution in [0.1, 0.15) is 24.0 Å². The Hall–Kier alpha value is -1.09. The molecule has 1 N–H and O–H groups in total. The number of rotatable bonds is 2. The van der Waals surface area contributed by atoms with Crippen molar-refractivity contribution in [2.75, 3.05) is 7.11 Å². The molecule has 0 atom stereocenters. The highest BCUT2D eigenvalue weighted by Crippen LogP contribution is 2.49. The average Bonchev–Trinajstić information content (AvgIpc) is 2.84. The maximum absolute atomic E-state index is 13.1. The van der Waals surface area contributed by atoms with E-state index in [9.17, 15) is 9.50 Å². The van der Waals surface area contributed by atoms with Gasteiger partial charge in [-0.3, -0.25) is 0 Å². The van der Waals surface area contributed by atoms with Crippen LogP contribution in [-0.2, 0) is 5.60 Å². The van der Waals surface area contributed by atoms with Crippen LogP contribution in [-0.4, -0.2) is 12.2 Å². The van der Waals surface area contributed by atoms with E-state index in [0.29, 0.717) is 24.2 Å². The van der Waals surface area contributed by atoms with Gasteiger partial charge in [0.15, 0.2) is 0 Å². The van der Waals surface area contributed by atoms with Gasteiger partial charge in [0.1, 0.15) is 11.6 Å². The molecule has 0 spiro atoms. The molecule has 2 rings (SSSR count). The summed E-state index contributed by atoms with van der Waals surface area (Å²) >= 11 is 0. The molecule has 1 fully saturated rings. The fourth-order valence-electron chi connectivity index (χ4n) is 1.73. The van der Waals surface area contributed by atoms with Gasteiger partial charge in [0.2, 0.25) is 0 Å². The molecule has 0 radical (unpaired) electrons. The molecular formula is C11H13FO2. The topological polar surface area (TPSA) is 29.5 Å². The third kappa shape index (κ3) is 1.38. The summed E-state index contributed by atoms with van der Waals surface area (Å²) in [6.45, 7) is 1.77. The Kier molecular flexibility index (Phi) is 2.00. The SMILES string of the molecule is COc1c(C)cc(F)cc1C1(O)CC1. The second-order valence-corrected chi connectivity index (χ2v) is 3.84. The van der Waals surface area contributed by atoms with Crippen LogP contribution in [0.5, 0.6) is 5.75 Å². The number of aryl methyl sites for hydroxylation is 1. The fourth-order valence-corrected chi connectivity index (χ4v) is 1.73. The van der Waals surface area contributed by atoms with E-state index in [2.05, 4.69) is 0 Å². The van der Waals surface area contributed by atoms with Gasteiger partial charge < -0.3 is 9.84 Å². The van der Waals surface area contributed by atoms with Crippen LogP contribution in [0, 0.1) is 12.7 Å². The van der Waals surface area contributed by atoms with Gasteiger partial charge in [-0.1, -0.05) is 0 Å². The molecule has 1 aromatic carbocycles. The van der Waals surface area contributed by atoms with Crippen molar-refractivity contribution < 1.29 is 14.2 Å². The zero-order chi connectivity index (χ0) is 10.3. The lowest BCUT2D eigenvalue weighted by Crippen LogP contribution is -2.08. The Bertz CT molecular complexity index is 370. The maximum atomic E-state index is 13.1. The van der Waals surface area contributed by atoms with Crippen molar-refractivity contribution in [3.05, 3.63) is 29.1 Å². The van der Waals surface area contributed by atoms with Gasteiger partial charge in [-0.2, -0.15) is 0 Å². The van der Waals surface area contributed by atoms with Gasteiger partial charge in [0.25, 0.3) is 0 Å². The highest BCUT2D eigenvalue weighted by atomic mass is 19.1. The van der Waals surface area contributed by atoms with E-state index in [-0.39, 0.29) is 5.82 Å². The summed E-state index contributed by atoms with van der Waals surface area (Å²) in [6, 6.07) is 2.77. The highest BCUT2D eigenvalue weighted by molar-refractivity contribution is 5.46. The Morgan fingerprint density at radius 2 is 2.07 bits per heavy atom. The van der Waals surface area contributed by atoms with Crippen molar-refractivity contribution in [1.82, 2.24) is 0 Å². The Labute approximate surface area is 82.3 Å². The van der Waals surface area contributed by atoms with Crippen LogP contribution in [0.15, 0.2) is 12.1 Å². The van der Waals surface area contributed by atoms with Gasteiger partial charge in [0, 0.05) is 5.56 Å². The summed E-state index contributed by atoms with van der Waals surface area (Å²) in [5.41, 5.74) is 0.457. The van der Waals surface area contributed by atoms with E-state index >= 15 is 0 Å². The first kappa shape index (κ1) is 9.46. The molecule has 0 aliphatic heterocycles. The van der Waals surface area contributed by atoms with E-state index in [1.807, 2.05) is 0 Å². The summed E-state index contributed by atoms with van der Waals surface area (Å²) in [4.78, 5) is 0. The Balaban J connectivity index is 2.56. The molecule has 1 aliphatic rings. The van der Waals surface area contributed by atoms with Crippen LogP contribution < -0.4 is 4.74 Å². The zero-order valence-electron chi connectivity index (χ0n) is 8.30. The molecule has 0 bridgehead atoms. The van der Waals surface area contributed by atoms with Crippen LogP contribution in [0.3, 0.4) is 0 Å². The standard InChI is InChI=1S/C11H13FO2/c1-7-5-8(12)6-9(10(7)14-2)11(13)3-4-11/h5-6,13H,3-4H2,1-2H3. The molecule has 0 unspecified atom stereocenters. The predicted octanol–water partition coefficient (Wildman–Crippen LogP) is 2.12. The first-order valence-corrected chi connectivity index (χ1v) is 4.64. The van der Waals surface area contributed by atoms with E-state index in [1.165, 1.54) is 19.2 Å². The van der Waals surface area contributed by atoms with Gasteiger partial charge in [0.05, 0.1) is 12.7 Å². The van der Waals surface area contributed by atoms with Crippen molar-refractivity contribution >= 4 is 0 Å². The quantitative estimate of drug-likeness (QED) is 0.785. The fraction of sp³-hybridized carbons (Fsp3) is 0.455. The molecule has 0 amide bonds. The molecule has 0 aromatic heterocycles. The lowest BCUT2D eigenvalue weighted by molar-refractivity contribution is 0.146. The average molecular weight is 196 g/mol. The van der Waals surface area contributed by atoms with E-state index in [1.54, 1.807) is 6.92 Å². The van der Waals surface area contributed by atoms with E-state index < -0.39 is 5.60 Å². The number of hydrogen-bond donors (Lipinski definition) is 1. The molecule has 1 saturated carbocycles.